The van der Waals surface area contributed by atoms with Gasteiger partial charge in [-0.15, -0.1) is 11.3 Å². The Balaban J connectivity index is 1.49. The molecule has 2 amide bonds. The van der Waals surface area contributed by atoms with Crippen molar-refractivity contribution >= 4 is 28.2 Å². The largest absolute Gasteiger partial charge is 0.366 e. The van der Waals surface area contributed by atoms with Crippen LogP contribution >= 0.6 is 11.3 Å². The minimum absolute atomic E-state index is 0.0267. The lowest BCUT2D eigenvalue weighted by Crippen LogP contribution is -2.48. The van der Waals surface area contributed by atoms with E-state index in [4.69, 9.17) is 5.73 Å². The normalized spacial score (nSPS) is 33.2. The van der Waals surface area contributed by atoms with E-state index in [2.05, 4.69) is 10.2 Å². The summed E-state index contributed by atoms with van der Waals surface area (Å²) >= 11 is 1.35. The fourth-order valence-corrected chi connectivity index (χ4v) is 6.06. The van der Waals surface area contributed by atoms with Crippen LogP contribution in [0.5, 0.6) is 0 Å². The molecule has 5 nitrogen and oxygen atoms in total. The molecule has 130 valence electrons. The minimum atomic E-state index is -0.495. The standard InChI is InChI=1S/C18H25N3O2S/c1-10(17(23)20-18-15(16(19)22)2-3-24-18)21-9-13-5-11-4-12(6-13)8-14(21)7-11/h2-3,10-14H,4-9H2,1H3,(H2,19,22)(H,20,23)/t10-,11-,12+,13?,14?/m1/s1. The maximum Gasteiger partial charge on any atom is 0.251 e. The molecule has 2 unspecified atom stereocenters. The smallest absolute Gasteiger partial charge is 0.251 e. The molecule has 1 aromatic rings. The highest BCUT2D eigenvalue weighted by atomic mass is 32.1. The fourth-order valence-electron chi connectivity index (χ4n) is 5.26. The molecule has 6 heteroatoms. The summed E-state index contributed by atoms with van der Waals surface area (Å²) in [5.74, 6) is 1.96. The SMILES string of the molecule is C[C@H](C(=O)Nc1sccc1C(N)=O)N1CC2C[C@@H]3CC1C[C@H](C2)C3. The fraction of sp³-hybridized carbons (Fsp3) is 0.667. The summed E-state index contributed by atoms with van der Waals surface area (Å²) in [6.45, 7) is 3.04. The molecule has 2 saturated carbocycles. The summed E-state index contributed by atoms with van der Waals surface area (Å²) in [5.41, 5.74) is 5.77. The van der Waals surface area contributed by atoms with Crippen molar-refractivity contribution in [2.24, 2.45) is 23.5 Å². The van der Waals surface area contributed by atoms with Crippen LogP contribution in [0.15, 0.2) is 11.4 Å². The van der Waals surface area contributed by atoms with E-state index in [1.54, 1.807) is 11.4 Å². The third kappa shape index (κ3) is 2.86. The Bertz CT molecular complexity index is 644. The van der Waals surface area contributed by atoms with E-state index in [0.29, 0.717) is 16.6 Å². The van der Waals surface area contributed by atoms with Crippen molar-refractivity contribution in [1.82, 2.24) is 4.90 Å². The zero-order valence-corrected chi connectivity index (χ0v) is 14.8. The number of fused-ring (bicyclic) bond motifs is 1. The lowest BCUT2D eigenvalue weighted by molar-refractivity contribution is -0.121. The average Bonchev–Trinajstić information content (AvgIpc) is 2.90. The van der Waals surface area contributed by atoms with Crippen molar-refractivity contribution in [2.75, 3.05) is 11.9 Å². The quantitative estimate of drug-likeness (QED) is 0.879. The number of nitrogens with one attached hydrogen (secondary N) is 1. The van der Waals surface area contributed by atoms with Crippen LogP contribution < -0.4 is 11.1 Å². The van der Waals surface area contributed by atoms with Crippen LogP contribution in [0.4, 0.5) is 5.00 Å². The molecule has 1 aromatic heterocycles. The number of nitrogens with two attached hydrogens (primary N) is 1. The molecule has 0 radical (unpaired) electrons. The molecule has 5 atom stereocenters. The third-order valence-corrected chi connectivity index (χ3v) is 7.02. The lowest BCUT2D eigenvalue weighted by Gasteiger charge is -2.40. The van der Waals surface area contributed by atoms with Gasteiger partial charge < -0.3 is 11.1 Å². The Hall–Kier alpha value is -1.40. The van der Waals surface area contributed by atoms with Crippen LogP contribution in [-0.4, -0.2) is 35.3 Å². The van der Waals surface area contributed by atoms with Crippen LogP contribution in [0.1, 0.15) is 49.4 Å². The Labute approximate surface area is 146 Å². The first-order chi connectivity index (χ1) is 11.5. The molecule has 2 saturated heterocycles. The number of hydrogen-bond acceptors (Lipinski definition) is 4. The first-order valence-corrected chi connectivity index (χ1v) is 9.83. The second-order valence-corrected chi connectivity index (χ2v) is 8.74. The van der Waals surface area contributed by atoms with Crippen LogP contribution in [0.25, 0.3) is 0 Å². The van der Waals surface area contributed by atoms with Crippen LogP contribution in [0.2, 0.25) is 0 Å². The summed E-state index contributed by atoms with van der Waals surface area (Å²) < 4.78 is 0. The van der Waals surface area contributed by atoms with E-state index in [1.165, 1.54) is 43.4 Å². The number of thiophene rings is 1. The van der Waals surface area contributed by atoms with Crippen molar-refractivity contribution < 1.29 is 9.59 Å². The van der Waals surface area contributed by atoms with Crippen molar-refractivity contribution in [1.29, 1.82) is 0 Å². The average molecular weight is 347 g/mol. The van der Waals surface area contributed by atoms with E-state index >= 15 is 0 Å². The Kier molecular flexibility index (Phi) is 4.12. The number of carbonyl (C=O) groups is 2. The highest BCUT2D eigenvalue weighted by Gasteiger charge is 2.44. The van der Waals surface area contributed by atoms with Crippen LogP contribution in [-0.2, 0) is 4.79 Å². The molecule has 4 bridgehead atoms. The molecule has 0 spiro atoms. The highest BCUT2D eigenvalue weighted by Crippen LogP contribution is 2.47. The monoisotopic (exact) mass is 347 g/mol. The Morgan fingerprint density at radius 1 is 1.21 bits per heavy atom. The lowest BCUT2D eigenvalue weighted by atomic mass is 9.68. The summed E-state index contributed by atoms with van der Waals surface area (Å²) in [7, 11) is 0. The maximum absolute atomic E-state index is 12.8. The number of anilines is 1. The molecule has 4 aliphatic rings. The van der Waals surface area contributed by atoms with Gasteiger partial charge in [-0.1, -0.05) is 0 Å². The van der Waals surface area contributed by atoms with E-state index in [0.717, 1.165) is 24.3 Å². The van der Waals surface area contributed by atoms with Crippen molar-refractivity contribution in [2.45, 2.75) is 51.1 Å². The molecule has 3 N–H and O–H groups in total. The van der Waals surface area contributed by atoms with Crippen molar-refractivity contribution in [3.63, 3.8) is 0 Å². The third-order valence-electron chi connectivity index (χ3n) is 6.19. The second kappa shape index (κ2) is 6.15. The molecule has 5 rings (SSSR count). The van der Waals surface area contributed by atoms with E-state index in [9.17, 15) is 9.59 Å². The number of carbonyl (C=O) groups excluding carboxylic acids is 2. The van der Waals surface area contributed by atoms with Gasteiger partial charge in [0, 0.05) is 12.6 Å². The number of nitrogens with zero attached hydrogens (tertiary/aromatic N) is 1. The highest BCUT2D eigenvalue weighted by molar-refractivity contribution is 7.14. The summed E-state index contributed by atoms with van der Waals surface area (Å²) in [6.07, 6.45) is 6.58. The predicted octanol–water partition coefficient (Wildman–Crippen LogP) is 2.68. The topological polar surface area (TPSA) is 75.4 Å². The van der Waals surface area contributed by atoms with Gasteiger partial charge in [-0.2, -0.15) is 0 Å². The van der Waals surface area contributed by atoms with E-state index in [1.807, 2.05) is 6.92 Å². The van der Waals surface area contributed by atoms with Gasteiger partial charge in [-0.05, 0) is 68.2 Å². The zero-order chi connectivity index (χ0) is 16.8. The van der Waals surface area contributed by atoms with Gasteiger partial charge in [-0.25, -0.2) is 0 Å². The van der Waals surface area contributed by atoms with Gasteiger partial charge in [0.2, 0.25) is 5.91 Å². The zero-order valence-electron chi connectivity index (χ0n) is 14.0. The number of primary amides is 1. The van der Waals surface area contributed by atoms with Gasteiger partial charge in [0.25, 0.3) is 5.91 Å². The van der Waals surface area contributed by atoms with Crippen LogP contribution in [0.3, 0.4) is 0 Å². The number of rotatable bonds is 4. The van der Waals surface area contributed by atoms with Gasteiger partial charge in [0.05, 0.1) is 11.6 Å². The van der Waals surface area contributed by atoms with Gasteiger partial charge in [0.1, 0.15) is 5.00 Å². The van der Waals surface area contributed by atoms with Crippen LogP contribution in [0, 0.1) is 17.8 Å². The molecular formula is C18H25N3O2S. The molecule has 2 aliphatic carbocycles. The number of amides is 2. The maximum atomic E-state index is 12.8. The first-order valence-electron chi connectivity index (χ1n) is 8.95. The summed E-state index contributed by atoms with van der Waals surface area (Å²) in [5, 5.41) is 5.28. The minimum Gasteiger partial charge on any atom is -0.366 e. The Morgan fingerprint density at radius 2 is 1.88 bits per heavy atom. The molecule has 0 aromatic carbocycles. The van der Waals surface area contributed by atoms with Gasteiger partial charge in [-0.3, -0.25) is 14.5 Å². The molecule has 24 heavy (non-hydrogen) atoms. The van der Waals surface area contributed by atoms with E-state index < -0.39 is 5.91 Å². The second-order valence-electron chi connectivity index (χ2n) is 7.82. The van der Waals surface area contributed by atoms with Gasteiger partial charge >= 0.3 is 0 Å². The number of hydrogen-bond donors (Lipinski definition) is 2. The predicted molar refractivity (Wildman–Crippen MR) is 95.0 cm³/mol. The molecule has 3 heterocycles. The van der Waals surface area contributed by atoms with E-state index in [-0.39, 0.29) is 11.9 Å². The molecular weight excluding hydrogens is 322 g/mol. The van der Waals surface area contributed by atoms with Crippen molar-refractivity contribution in [3.05, 3.63) is 17.0 Å². The van der Waals surface area contributed by atoms with Crippen molar-refractivity contribution in [3.8, 4) is 0 Å². The van der Waals surface area contributed by atoms with Gasteiger partial charge in [0.15, 0.2) is 0 Å². The first kappa shape index (κ1) is 16.1. The summed E-state index contributed by atoms with van der Waals surface area (Å²) in [4.78, 5) is 26.6. The molecule has 2 aliphatic heterocycles. The summed E-state index contributed by atoms with van der Waals surface area (Å²) in [6, 6.07) is 2.04. The molecule has 4 fully saturated rings. The Morgan fingerprint density at radius 3 is 2.54 bits per heavy atom.